The minimum absolute atomic E-state index is 0.0494. The number of aromatic nitrogens is 2. The second-order valence-electron chi connectivity index (χ2n) is 5.32. The standard InChI is InChI=1S/C15H14ClN3O4/c16-10-3-1-9(2-4-10)11-7-12(19-18-11)13(20)17-15(14(21)22)5-6-23-8-15/h1-4,7H,5-6,8H2,(H,17,20)(H,18,19)(H,21,22). The minimum Gasteiger partial charge on any atom is -0.479 e. The smallest absolute Gasteiger partial charge is 0.331 e. The number of carbonyl (C=O) groups excluding carboxylic acids is 1. The molecule has 0 spiro atoms. The Hall–Kier alpha value is -2.38. The van der Waals surface area contributed by atoms with E-state index in [-0.39, 0.29) is 18.7 Å². The van der Waals surface area contributed by atoms with E-state index in [1.54, 1.807) is 30.3 Å². The summed E-state index contributed by atoms with van der Waals surface area (Å²) in [5.41, 5.74) is 0.158. The zero-order valence-corrected chi connectivity index (χ0v) is 12.8. The van der Waals surface area contributed by atoms with Gasteiger partial charge in [0.25, 0.3) is 5.91 Å². The molecule has 0 aliphatic carbocycles. The lowest BCUT2D eigenvalue weighted by atomic mass is 9.99. The van der Waals surface area contributed by atoms with Crippen molar-refractivity contribution in [3.05, 3.63) is 41.0 Å². The Morgan fingerprint density at radius 3 is 2.70 bits per heavy atom. The van der Waals surface area contributed by atoms with E-state index in [0.29, 0.717) is 17.3 Å². The molecule has 3 rings (SSSR count). The minimum atomic E-state index is -1.39. The fraction of sp³-hybridized carbons (Fsp3) is 0.267. The van der Waals surface area contributed by atoms with Gasteiger partial charge >= 0.3 is 5.97 Å². The first kappa shape index (κ1) is 15.5. The number of nitrogens with one attached hydrogen (secondary N) is 2. The highest BCUT2D eigenvalue weighted by Gasteiger charge is 2.44. The van der Waals surface area contributed by atoms with E-state index in [0.717, 1.165) is 5.56 Å². The van der Waals surface area contributed by atoms with E-state index < -0.39 is 17.4 Å². The first-order valence-electron chi connectivity index (χ1n) is 6.95. The van der Waals surface area contributed by atoms with Crippen LogP contribution in [0.5, 0.6) is 0 Å². The molecule has 7 nitrogen and oxygen atoms in total. The number of carboxylic acids is 1. The van der Waals surface area contributed by atoms with Gasteiger partial charge in [-0.25, -0.2) is 4.79 Å². The van der Waals surface area contributed by atoms with Crippen molar-refractivity contribution in [3.63, 3.8) is 0 Å². The number of nitrogens with zero attached hydrogens (tertiary/aromatic N) is 1. The van der Waals surface area contributed by atoms with Crippen molar-refractivity contribution >= 4 is 23.5 Å². The van der Waals surface area contributed by atoms with Crippen molar-refractivity contribution in [3.8, 4) is 11.3 Å². The molecule has 1 saturated heterocycles. The number of aromatic amines is 1. The molecule has 2 aromatic rings. The Kier molecular flexibility index (Phi) is 4.06. The van der Waals surface area contributed by atoms with Crippen molar-refractivity contribution in [1.82, 2.24) is 15.5 Å². The van der Waals surface area contributed by atoms with Gasteiger partial charge < -0.3 is 15.2 Å². The molecule has 23 heavy (non-hydrogen) atoms. The fourth-order valence-electron chi connectivity index (χ4n) is 2.38. The van der Waals surface area contributed by atoms with Crippen molar-refractivity contribution in [2.45, 2.75) is 12.0 Å². The van der Waals surface area contributed by atoms with Gasteiger partial charge in [0.05, 0.1) is 12.3 Å². The second kappa shape index (κ2) is 6.02. The Labute approximate surface area is 136 Å². The highest BCUT2D eigenvalue weighted by molar-refractivity contribution is 6.30. The number of amides is 1. The number of hydrogen-bond acceptors (Lipinski definition) is 4. The third kappa shape index (κ3) is 3.06. The molecule has 1 aliphatic rings. The van der Waals surface area contributed by atoms with Crippen LogP contribution in [0.3, 0.4) is 0 Å². The number of carbonyl (C=O) groups is 2. The molecule has 0 radical (unpaired) electrons. The van der Waals surface area contributed by atoms with Crippen LogP contribution >= 0.6 is 11.6 Å². The van der Waals surface area contributed by atoms with Crippen molar-refractivity contribution in [1.29, 1.82) is 0 Å². The summed E-state index contributed by atoms with van der Waals surface area (Å²) < 4.78 is 5.11. The zero-order chi connectivity index (χ0) is 16.4. The van der Waals surface area contributed by atoms with Crippen molar-refractivity contribution < 1.29 is 19.4 Å². The predicted octanol–water partition coefficient (Wildman–Crippen LogP) is 1.70. The van der Waals surface area contributed by atoms with E-state index in [1.807, 2.05) is 0 Å². The molecule has 2 heterocycles. The van der Waals surface area contributed by atoms with Gasteiger partial charge in [-0.05, 0) is 18.2 Å². The fourth-order valence-corrected chi connectivity index (χ4v) is 2.50. The summed E-state index contributed by atoms with van der Waals surface area (Å²) in [6.45, 7) is 0.248. The van der Waals surface area contributed by atoms with E-state index >= 15 is 0 Å². The maximum absolute atomic E-state index is 12.3. The highest BCUT2D eigenvalue weighted by atomic mass is 35.5. The summed E-state index contributed by atoms with van der Waals surface area (Å²) in [6, 6.07) is 8.57. The summed E-state index contributed by atoms with van der Waals surface area (Å²) in [4.78, 5) is 23.7. The van der Waals surface area contributed by atoms with Crippen LogP contribution < -0.4 is 5.32 Å². The Balaban J connectivity index is 1.78. The van der Waals surface area contributed by atoms with E-state index in [1.165, 1.54) is 0 Å². The normalized spacial score (nSPS) is 20.4. The number of aliphatic carboxylic acids is 1. The Morgan fingerprint density at radius 2 is 2.09 bits per heavy atom. The maximum Gasteiger partial charge on any atom is 0.331 e. The zero-order valence-electron chi connectivity index (χ0n) is 12.0. The lowest BCUT2D eigenvalue weighted by Crippen LogP contribution is -2.55. The molecular formula is C15H14ClN3O4. The summed E-state index contributed by atoms with van der Waals surface area (Å²) in [5.74, 6) is -1.65. The van der Waals surface area contributed by atoms with Crippen LogP contribution in [0.2, 0.25) is 5.02 Å². The molecule has 1 aliphatic heterocycles. The van der Waals surface area contributed by atoms with Gasteiger partial charge in [-0.3, -0.25) is 9.89 Å². The molecule has 1 aromatic carbocycles. The summed E-state index contributed by atoms with van der Waals surface area (Å²) in [5, 5.41) is 19.2. The highest BCUT2D eigenvalue weighted by Crippen LogP contribution is 2.22. The van der Waals surface area contributed by atoms with Crippen LogP contribution in [0.1, 0.15) is 16.9 Å². The summed E-state index contributed by atoms with van der Waals surface area (Å²) in [7, 11) is 0. The van der Waals surface area contributed by atoms with Gasteiger partial charge in [0.2, 0.25) is 0 Å². The van der Waals surface area contributed by atoms with E-state index in [4.69, 9.17) is 16.3 Å². The number of benzene rings is 1. The SMILES string of the molecule is O=C(NC1(C(=O)O)CCOC1)c1cc(-c2ccc(Cl)cc2)n[nH]1. The van der Waals surface area contributed by atoms with Crippen LogP contribution in [0.15, 0.2) is 30.3 Å². The molecule has 3 N–H and O–H groups in total. The molecule has 0 bridgehead atoms. The van der Waals surface area contributed by atoms with Crippen LogP contribution in [0.25, 0.3) is 11.3 Å². The number of halogens is 1. The van der Waals surface area contributed by atoms with Gasteiger partial charge in [0.1, 0.15) is 5.69 Å². The van der Waals surface area contributed by atoms with Crippen LogP contribution in [-0.4, -0.2) is 45.9 Å². The van der Waals surface area contributed by atoms with Gasteiger partial charge in [-0.2, -0.15) is 5.10 Å². The van der Waals surface area contributed by atoms with Crippen LogP contribution in [0.4, 0.5) is 0 Å². The van der Waals surface area contributed by atoms with Crippen molar-refractivity contribution in [2.24, 2.45) is 0 Å². The van der Waals surface area contributed by atoms with Gasteiger partial charge in [0.15, 0.2) is 5.54 Å². The number of H-pyrrole nitrogens is 1. The molecule has 1 atom stereocenters. The quantitative estimate of drug-likeness (QED) is 0.789. The van der Waals surface area contributed by atoms with Gasteiger partial charge in [0, 0.05) is 23.6 Å². The van der Waals surface area contributed by atoms with Crippen molar-refractivity contribution in [2.75, 3.05) is 13.2 Å². The Morgan fingerprint density at radius 1 is 1.35 bits per heavy atom. The maximum atomic E-state index is 12.3. The number of ether oxygens (including phenoxy) is 1. The predicted molar refractivity (Wildman–Crippen MR) is 82.3 cm³/mol. The number of rotatable bonds is 4. The molecule has 1 amide bonds. The van der Waals surface area contributed by atoms with Gasteiger partial charge in [-0.15, -0.1) is 0 Å². The molecule has 1 fully saturated rings. The average Bonchev–Trinajstić information content (AvgIpc) is 3.17. The monoisotopic (exact) mass is 335 g/mol. The first-order valence-corrected chi connectivity index (χ1v) is 7.33. The van der Waals surface area contributed by atoms with Gasteiger partial charge in [-0.1, -0.05) is 23.7 Å². The molecule has 0 saturated carbocycles. The third-order valence-electron chi connectivity index (χ3n) is 3.75. The van der Waals surface area contributed by atoms with E-state index in [2.05, 4.69) is 15.5 Å². The number of carboxylic acid groups (broad SMARTS) is 1. The van der Waals surface area contributed by atoms with Crippen LogP contribution in [0, 0.1) is 0 Å². The molecule has 8 heteroatoms. The molecular weight excluding hydrogens is 322 g/mol. The summed E-state index contributed by atoms with van der Waals surface area (Å²) in [6.07, 6.45) is 0.228. The lowest BCUT2D eigenvalue weighted by molar-refractivity contribution is -0.144. The second-order valence-corrected chi connectivity index (χ2v) is 5.75. The number of hydrogen-bond donors (Lipinski definition) is 3. The molecule has 120 valence electrons. The van der Waals surface area contributed by atoms with E-state index in [9.17, 15) is 14.7 Å². The van der Waals surface area contributed by atoms with Crippen LogP contribution in [-0.2, 0) is 9.53 Å². The topological polar surface area (TPSA) is 104 Å². The average molecular weight is 336 g/mol. The Bertz CT molecular complexity index is 735. The first-order chi connectivity index (χ1) is 11.0. The molecule has 1 unspecified atom stereocenters. The summed E-state index contributed by atoms with van der Waals surface area (Å²) >= 11 is 5.84. The molecule has 1 aromatic heterocycles. The largest absolute Gasteiger partial charge is 0.479 e. The third-order valence-corrected chi connectivity index (χ3v) is 4.00. The lowest BCUT2D eigenvalue weighted by Gasteiger charge is -2.23.